The number of rotatable bonds is 8. The molecule has 0 saturated carbocycles. The molecule has 2 N–H and O–H groups in total. The molecule has 0 radical (unpaired) electrons. The van der Waals surface area contributed by atoms with Gasteiger partial charge in [0.25, 0.3) is 0 Å². The van der Waals surface area contributed by atoms with Crippen LogP contribution in [0.4, 0.5) is 0 Å². The van der Waals surface area contributed by atoms with Crippen molar-refractivity contribution in [3.05, 3.63) is 36.1 Å². The second kappa shape index (κ2) is 8.25. The molecule has 0 aliphatic rings. The summed E-state index contributed by atoms with van der Waals surface area (Å²) in [4.78, 5) is 22.4. The van der Waals surface area contributed by atoms with Crippen LogP contribution in [0.1, 0.15) is 26.2 Å². The van der Waals surface area contributed by atoms with Crippen LogP contribution in [0.2, 0.25) is 0 Å². The lowest BCUT2D eigenvalue weighted by molar-refractivity contribution is -0.136. The van der Waals surface area contributed by atoms with Crippen molar-refractivity contribution in [1.29, 1.82) is 0 Å². The van der Waals surface area contributed by atoms with Crippen molar-refractivity contribution in [2.45, 2.75) is 26.2 Å². The number of carbonyl (C=O) groups is 2. The Morgan fingerprint density at radius 2 is 2.00 bits per heavy atom. The van der Waals surface area contributed by atoms with Gasteiger partial charge in [-0.2, -0.15) is 0 Å². The summed E-state index contributed by atoms with van der Waals surface area (Å²) in [6, 6.07) is 0. The number of esters is 1. The number of carboxylic acid groups (broad SMARTS) is 1. The quantitative estimate of drug-likeness (QED) is 0.298. The zero-order chi connectivity index (χ0) is 14.1. The molecule has 100 valence electrons. The molecule has 5 heteroatoms. The van der Waals surface area contributed by atoms with Gasteiger partial charge in [0.15, 0.2) is 0 Å². The SMILES string of the molecule is C=CCC(OC(=O)C(=C)CCCO)=C(C)C(=O)O. The Hall–Kier alpha value is -1.88. The second-order valence-electron chi connectivity index (χ2n) is 3.67. The Morgan fingerprint density at radius 1 is 1.39 bits per heavy atom. The van der Waals surface area contributed by atoms with Crippen LogP contribution in [0.5, 0.6) is 0 Å². The number of aliphatic carboxylic acids is 1. The van der Waals surface area contributed by atoms with Crippen LogP contribution in [0.15, 0.2) is 36.1 Å². The standard InChI is InChI=1S/C13H18O5/c1-4-6-11(10(3)12(15)16)18-13(17)9(2)7-5-8-14/h4,14H,1-2,5-8H2,3H3,(H,15,16). The van der Waals surface area contributed by atoms with Crippen molar-refractivity contribution in [2.75, 3.05) is 6.61 Å². The van der Waals surface area contributed by atoms with Crippen LogP contribution in [0.25, 0.3) is 0 Å². The van der Waals surface area contributed by atoms with Crippen molar-refractivity contribution in [1.82, 2.24) is 0 Å². The molecule has 18 heavy (non-hydrogen) atoms. The molecule has 5 nitrogen and oxygen atoms in total. The average molecular weight is 254 g/mol. The van der Waals surface area contributed by atoms with E-state index < -0.39 is 11.9 Å². The fourth-order valence-corrected chi connectivity index (χ4v) is 1.10. The molecule has 0 aliphatic carbocycles. The lowest BCUT2D eigenvalue weighted by Gasteiger charge is -2.10. The van der Waals surface area contributed by atoms with E-state index in [9.17, 15) is 9.59 Å². The maximum atomic E-state index is 11.6. The Bertz CT molecular complexity index is 379. The predicted molar refractivity (Wildman–Crippen MR) is 66.7 cm³/mol. The van der Waals surface area contributed by atoms with E-state index >= 15 is 0 Å². The van der Waals surface area contributed by atoms with Crippen molar-refractivity contribution >= 4 is 11.9 Å². The molecule has 0 aromatic heterocycles. The number of aliphatic hydroxyl groups is 1. The van der Waals surface area contributed by atoms with Crippen LogP contribution in [-0.2, 0) is 14.3 Å². The Balaban J connectivity index is 4.75. The number of carboxylic acids is 1. The summed E-state index contributed by atoms with van der Waals surface area (Å²) in [7, 11) is 0. The first-order valence-electron chi connectivity index (χ1n) is 5.48. The third kappa shape index (κ3) is 5.45. The van der Waals surface area contributed by atoms with Crippen LogP contribution < -0.4 is 0 Å². The number of allylic oxidation sites excluding steroid dienone is 1. The van der Waals surface area contributed by atoms with E-state index in [0.29, 0.717) is 12.8 Å². The van der Waals surface area contributed by atoms with Gasteiger partial charge in [0.2, 0.25) is 0 Å². The van der Waals surface area contributed by atoms with Crippen LogP contribution in [0, 0.1) is 0 Å². The van der Waals surface area contributed by atoms with Gasteiger partial charge in [-0.15, -0.1) is 6.58 Å². The molecule has 0 fully saturated rings. The Labute approximate surface area is 106 Å². The summed E-state index contributed by atoms with van der Waals surface area (Å²) >= 11 is 0. The number of hydrogen-bond acceptors (Lipinski definition) is 4. The highest BCUT2D eigenvalue weighted by Crippen LogP contribution is 2.15. The molecule has 0 saturated heterocycles. The molecule has 0 amide bonds. The minimum absolute atomic E-state index is 0.0433. The van der Waals surface area contributed by atoms with Gasteiger partial charge in [-0.3, -0.25) is 0 Å². The second-order valence-corrected chi connectivity index (χ2v) is 3.67. The van der Waals surface area contributed by atoms with Gasteiger partial charge in [-0.05, 0) is 19.8 Å². The van der Waals surface area contributed by atoms with Crippen molar-refractivity contribution in [2.24, 2.45) is 0 Å². The number of aliphatic hydroxyl groups excluding tert-OH is 1. The Morgan fingerprint density at radius 3 is 2.44 bits per heavy atom. The summed E-state index contributed by atoms with van der Waals surface area (Å²) in [6.45, 7) is 8.30. The minimum atomic E-state index is -1.15. The molecular formula is C13H18O5. The van der Waals surface area contributed by atoms with E-state index in [0.717, 1.165) is 0 Å². The highest BCUT2D eigenvalue weighted by atomic mass is 16.5. The minimum Gasteiger partial charge on any atom is -0.478 e. The summed E-state index contributed by atoms with van der Waals surface area (Å²) in [5.41, 5.74) is 0.155. The molecule has 0 aromatic rings. The Kier molecular flexibility index (Phi) is 7.38. The first kappa shape index (κ1) is 16.1. The van der Waals surface area contributed by atoms with E-state index in [1.54, 1.807) is 0 Å². The number of carbonyl (C=O) groups excluding carboxylic acids is 1. The molecule has 0 bridgehead atoms. The molecule has 0 rings (SSSR count). The maximum Gasteiger partial charge on any atom is 0.338 e. The monoisotopic (exact) mass is 254 g/mol. The molecule has 0 atom stereocenters. The van der Waals surface area contributed by atoms with E-state index in [4.69, 9.17) is 14.9 Å². The van der Waals surface area contributed by atoms with Crippen LogP contribution in [-0.4, -0.2) is 28.8 Å². The van der Waals surface area contributed by atoms with Gasteiger partial charge >= 0.3 is 11.9 Å². The van der Waals surface area contributed by atoms with Gasteiger partial charge in [0, 0.05) is 18.6 Å². The fraction of sp³-hybridized carbons (Fsp3) is 0.385. The average Bonchev–Trinajstić information content (AvgIpc) is 2.34. The maximum absolute atomic E-state index is 11.6. The zero-order valence-corrected chi connectivity index (χ0v) is 10.4. The van der Waals surface area contributed by atoms with Gasteiger partial charge < -0.3 is 14.9 Å². The predicted octanol–water partition coefficient (Wildman–Crippen LogP) is 1.79. The van der Waals surface area contributed by atoms with Crippen molar-refractivity contribution in [3.8, 4) is 0 Å². The number of ether oxygens (including phenoxy) is 1. The van der Waals surface area contributed by atoms with Crippen LogP contribution in [0.3, 0.4) is 0 Å². The van der Waals surface area contributed by atoms with Gasteiger partial charge in [0.05, 0.1) is 5.57 Å². The summed E-state index contributed by atoms with van der Waals surface area (Å²) in [5.74, 6) is -1.78. The topological polar surface area (TPSA) is 83.8 Å². The summed E-state index contributed by atoms with van der Waals surface area (Å²) in [5, 5.41) is 17.5. The molecule has 0 heterocycles. The largest absolute Gasteiger partial charge is 0.478 e. The molecule has 0 aliphatic heterocycles. The van der Waals surface area contributed by atoms with Gasteiger partial charge in [0.1, 0.15) is 5.76 Å². The highest BCUT2D eigenvalue weighted by Gasteiger charge is 2.15. The van der Waals surface area contributed by atoms with E-state index in [1.165, 1.54) is 13.0 Å². The zero-order valence-electron chi connectivity index (χ0n) is 10.4. The van der Waals surface area contributed by atoms with Crippen molar-refractivity contribution < 1.29 is 24.5 Å². The first-order chi connectivity index (χ1) is 8.43. The lowest BCUT2D eigenvalue weighted by atomic mass is 10.1. The summed E-state index contributed by atoms with van der Waals surface area (Å²) < 4.78 is 4.98. The normalized spacial score (nSPS) is 11.4. The molecule has 0 unspecified atom stereocenters. The van der Waals surface area contributed by atoms with Crippen molar-refractivity contribution in [3.63, 3.8) is 0 Å². The molecule has 0 spiro atoms. The van der Waals surface area contributed by atoms with Crippen LogP contribution >= 0.6 is 0 Å². The third-order valence-corrected chi connectivity index (χ3v) is 2.21. The molecule has 0 aromatic carbocycles. The number of hydrogen-bond donors (Lipinski definition) is 2. The van der Waals surface area contributed by atoms with Gasteiger partial charge in [-0.25, -0.2) is 9.59 Å². The van der Waals surface area contributed by atoms with E-state index in [-0.39, 0.29) is 29.9 Å². The smallest absolute Gasteiger partial charge is 0.338 e. The van der Waals surface area contributed by atoms with E-state index in [1.807, 2.05) is 0 Å². The first-order valence-corrected chi connectivity index (χ1v) is 5.48. The van der Waals surface area contributed by atoms with Gasteiger partial charge in [-0.1, -0.05) is 12.7 Å². The third-order valence-electron chi connectivity index (χ3n) is 2.21. The van der Waals surface area contributed by atoms with E-state index in [2.05, 4.69) is 13.2 Å². The fourth-order valence-electron chi connectivity index (χ4n) is 1.10. The summed E-state index contributed by atoms with van der Waals surface area (Å²) in [6.07, 6.45) is 2.32. The lowest BCUT2D eigenvalue weighted by Crippen LogP contribution is -2.11. The highest BCUT2D eigenvalue weighted by molar-refractivity contribution is 5.90. The molecular weight excluding hydrogens is 236 g/mol.